The minimum Gasteiger partial charge on any atom is -0.497 e. The third-order valence-corrected chi connectivity index (χ3v) is 7.58. The summed E-state index contributed by atoms with van der Waals surface area (Å²) in [5.74, 6) is -0.307. The lowest BCUT2D eigenvalue weighted by Crippen LogP contribution is -2.47. The Labute approximate surface area is 205 Å². The molecular formula is C26H29N3O5S. The fourth-order valence-electron chi connectivity index (χ4n) is 4.16. The van der Waals surface area contributed by atoms with Gasteiger partial charge in [0.15, 0.2) is 0 Å². The van der Waals surface area contributed by atoms with Crippen molar-refractivity contribution in [3.63, 3.8) is 0 Å². The highest BCUT2D eigenvalue weighted by Gasteiger charge is 2.23. The average Bonchev–Trinajstić information content (AvgIpc) is 2.88. The molecule has 1 heterocycles. The van der Waals surface area contributed by atoms with Gasteiger partial charge in [-0.25, -0.2) is 13.2 Å². The first-order chi connectivity index (χ1) is 16.8. The largest absolute Gasteiger partial charge is 0.497 e. The predicted octanol–water partition coefficient (Wildman–Crippen LogP) is 4.08. The van der Waals surface area contributed by atoms with E-state index < -0.39 is 16.0 Å². The van der Waals surface area contributed by atoms with Gasteiger partial charge in [-0.3, -0.25) is 4.72 Å². The summed E-state index contributed by atoms with van der Waals surface area (Å²) >= 11 is 0. The molecule has 0 aliphatic carbocycles. The van der Waals surface area contributed by atoms with Gasteiger partial charge >= 0.3 is 5.97 Å². The molecule has 0 saturated carbocycles. The van der Waals surface area contributed by atoms with E-state index in [9.17, 15) is 18.3 Å². The minimum absolute atomic E-state index is 0.0597. The first-order valence-electron chi connectivity index (χ1n) is 11.4. The Kier molecular flexibility index (Phi) is 7.16. The van der Waals surface area contributed by atoms with E-state index in [0.717, 1.165) is 36.5 Å². The number of anilines is 3. The number of hydrogen-bond donors (Lipinski definition) is 2. The van der Waals surface area contributed by atoms with Crippen molar-refractivity contribution in [2.75, 3.05) is 47.8 Å². The molecule has 0 radical (unpaired) electrons. The molecule has 0 atom stereocenters. The van der Waals surface area contributed by atoms with Crippen LogP contribution in [0.2, 0.25) is 0 Å². The summed E-state index contributed by atoms with van der Waals surface area (Å²) in [6.45, 7) is 4.74. The second-order valence-corrected chi connectivity index (χ2v) is 9.99. The summed E-state index contributed by atoms with van der Waals surface area (Å²) in [6.07, 6.45) is 0.811. The molecule has 9 heteroatoms. The summed E-state index contributed by atoms with van der Waals surface area (Å²) < 4.78 is 33.3. The van der Waals surface area contributed by atoms with Gasteiger partial charge in [-0.1, -0.05) is 19.1 Å². The number of nitrogens with zero attached hydrogens (tertiary/aromatic N) is 2. The minimum atomic E-state index is -3.83. The van der Waals surface area contributed by atoms with Crippen molar-refractivity contribution in [1.82, 2.24) is 0 Å². The molecule has 0 spiro atoms. The van der Waals surface area contributed by atoms with E-state index >= 15 is 0 Å². The summed E-state index contributed by atoms with van der Waals surface area (Å²) in [4.78, 5) is 16.4. The van der Waals surface area contributed by atoms with Crippen LogP contribution >= 0.6 is 0 Å². The maximum Gasteiger partial charge on any atom is 0.337 e. The average molecular weight is 496 g/mol. The van der Waals surface area contributed by atoms with Crippen LogP contribution in [0, 0.1) is 0 Å². The zero-order valence-corrected chi connectivity index (χ0v) is 20.6. The van der Waals surface area contributed by atoms with Crippen LogP contribution in [0.3, 0.4) is 0 Å². The first kappa shape index (κ1) is 24.4. The molecule has 3 aromatic carbocycles. The Morgan fingerprint density at radius 1 is 0.943 bits per heavy atom. The van der Waals surface area contributed by atoms with Crippen LogP contribution in [-0.2, 0) is 16.4 Å². The molecule has 2 N–H and O–H groups in total. The van der Waals surface area contributed by atoms with Crippen LogP contribution in [0.5, 0.6) is 5.75 Å². The van der Waals surface area contributed by atoms with E-state index in [1.54, 1.807) is 43.5 Å². The van der Waals surface area contributed by atoms with Gasteiger partial charge in [0.05, 0.1) is 23.3 Å². The van der Waals surface area contributed by atoms with E-state index in [0.29, 0.717) is 18.8 Å². The number of carboxylic acid groups (broad SMARTS) is 1. The molecule has 1 fully saturated rings. The molecule has 3 aromatic rings. The predicted molar refractivity (Wildman–Crippen MR) is 137 cm³/mol. The number of benzene rings is 3. The number of carbonyl (C=O) groups is 1. The zero-order valence-electron chi connectivity index (χ0n) is 19.8. The molecule has 0 unspecified atom stereocenters. The van der Waals surface area contributed by atoms with Crippen molar-refractivity contribution in [2.45, 2.75) is 18.2 Å². The fourth-order valence-corrected chi connectivity index (χ4v) is 5.21. The molecule has 0 amide bonds. The highest BCUT2D eigenvalue weighted by molar-refractivity contribution is 7.92. The van der Waals surface area contributed by atoms with Gasteiger partial charge in [0, 0.05) is 37.6 Å². The van der Waals surface area contributed by atoms with Crippen LogP contribution in [0.4, 0.5) is 17.1 Å². The van der Waals surface area contributed by atoms with Gasteiger partial charge in [-0.15, -0.1) is 0 Å². The number of ether oxygens (including phenoxy) is 1. The Bertz CT molecular complexity index is 1280. The summed E-state index contributed by atoms with van der Waals surface area (Å²) in [5.41, 5.74) is 2.96. The Balaban J connectivity index is 1.49. The van der Waals surface area contributed by atoms with E-state index in [1.165, 1.54) is 6.07 Å². The number of carboxylic acids is 1. The quantitative estimate of drug-likeness (QED) is 0.486. The zero-order chi connectivity index (χ0) is 25.0. The molecule has 4 rings (SSSR count). The lowest BCUT2D eigenvalue weighted by Gasteiger charge is -2.38. The maximum atomic E-state index is 12.8. The fraction of sp³-hybridized carbons (Fsp3) is 0.269. The van der Waals surface area contributed by atoms with E-state index in [2.05, 4.69) is 9.62 Å². The van der Waals surface area contributed by atoms with Crippen LogP contribution in [0.25, 0.3) is 0 Å². The number of rotatable bonds is 8. The lowest BCUT2D eigenvalue weighted by atomic mass is 10.1. The van der Waals surface area contributed by atoms with Gasteiger partial charge in [-0.05, 0) is 66.6 Å². The van der Waals surface area contributed by atoms with E-state index in [1.807, 2.05) is 36.1 Å². The SMILES string of the molecule is CCc1ccc(S(=O)(=O)Nc2ccc(N3CCN(c4ccc(OC)cc4)CC3)c(C(=O)O)c2)cc1. The van der Waals surface area contributed by atoms with Gasteiger partial charge in [0.2, 0.25) is 0 Å². The van der Waals surface area contributed by atoms with Crippen molar-refractivity contribution in [1.29, 1.82) is 0 Å². The Hall–Kier alpha value is -3.72. The van der Waals surface area contributed by atoms with Crippen LogP contribution in [0.15, 0.2) is 71.6 Å². The second kappa shape index (κ2) is 10.3. The number of methoxy groups -OCH3 is 1. The van der Waals surface area contributed by atoms with Crippen molar-refractivity contribution in [3.05, 3.63) is 77.9 Å². The molecule has 184 valence electrons. The number of piperazine rings is 1. The van der Waals surface area contributed by atoms with Gasteiger partial charge in [0.25, 0.3) is 10.0 Å². The molecule has 1 aliphatic rings. The number of hydrogen-bond acceptors (Lipinski definition) is 6. The molecule has 1 saturated heterocycles. The first-order valence-corrected chi connectivity index (χ1v) is 12.9. The van der Waals surface area contributed by atoms with Crippen molar-refractivity contribution < 1.29 is 23.1 Å². The third kappa shape index (κ3) is 5.51. The molecular weight excluding hydrogens is 466 g/mol. The monoisotopic (exact) mass is 495 g/mol. The number of aromatic carboxylic acids is 1. The molecule has 0 aromatic heterocycles. The standard InChI is InChI=1S/C26H29N3O5S/c1-3-19-4-11-23(12-5-19)35(32,33)27-20-6-13-25(24(18-20)26(30)31)29-16-14-28(15-17-29)21-7-9-22(34-2)10-8-21/h4-13,18,27H,3,14-17H2,1-2H3,(H,30,31). The smallest absolute Gasteiger partial charge is 0.337 e. The summed E-state index contributed by atoms with van der Waals surface area (Å²) in [7, 11) is -2.20. The second-order valence-electron chi connectivity index (χ2n) is 8.31. The summed E-state index contributed by atoms with van der Waals surface area (Å²) in [6, 6.07) is 19.2. The lowest BCUT2D eigenvalue weighted by molar-refractivity contribution is 0.0697. The Morgan fingerprint density at radius 3 is 2.14 bits per heavy atom. The maximum absolute atomic E-state index is 12.8. The molecule has 1 aliphatic heterocycles. The normalized spacial score (nSPS) is 14.0. The highest BCUT2D eigenvalue weighted by atomic mass is 32.2. The van der Waals surface area contributed by atoms with Gasteiger partial charge in [-0.2, -0.15) is 0 Å². The van der Waals surface area contributed by atoms with Crippen LogP contribution in [0.1, 0.15) is 22.8 Å². The van der Waals surface area contributed by atoms with Crippen LogP contribution in [-0.4, -0.2) is 52.8 Å². The van der Waals surface area contributed by atoms with Crippen molar-refractivity contribution in [2.24, 2.45) is 0 Å². The van der Waals surface area contributed by atoms with E-state index in [-0.39, 0.29) is 16.1 Å². The third-order valence-electron chi connectivity index (χ3n) is 6.18. The number of sulfonamides is 1. The van der Waals surface area contributed by atoms with Gasteiger partial charge in [0.1, 0.15) is 5.75 Å². The van der Waals surface area contributed by atoms with Crippen molar-refractivity contribution >= 4 is 33.1 Å². The topological polar surface area (TPSA) is 99.2 Å². The van der Waals surface area contributed by atoms with Crippen molar-refractivity contribution in [3.8, 4) is 5.75 Å². The molecule has 8 nitrogen and oxygen atoms in total. The number of nitrogens with one attached hydrogen (secondary N) is 1. The number of aryl methyl sites for hydroxylation is 1. The Morgan fingerprint density at radius 2 is 1.57 bits per heavy atom. The van der Waals surface area contributed by atoms with Crippen LogP contribution < -0.4 is 19.3 Å². The molecule has 35 heavy (non-hydrogen) atoms. The highest BCUT2D eigenvalue weighted by Crippen LogP contribution is 2.28. The molecule has 0 bridgehead atoms. The van der Waals surface area contributed by atoms with E-state index in [4.69, 9.17) is 4.74 Å². The van der Waals surface area contributed by atoms with Gasteiger partial charge < -0.3 is 19.6 Å². The summed E-state index contributed by atoms with van der Waals surface area (Å²) in [5, 5.41) is 9.85.